The van der Waals surface area contributed by atoms with E-state index in [0.29, 0.717) is 18.0 Å². The third kappa shape index (κ3) is 3.09. The van der Waals surface area contributed by atoms with Gasteiger partial charge in [-0.25, -0.2) is 4.79 Å². The molecular weight excluding hydrogens is 254 g/mol. The lowest BCUT2D eigenvalue weighted by Gasteiger charge is -2.11. The average molecular weight is 271 g/mol. The molecule has 0 heterocycles. The van der Waals surface area contributed by atoms with Gasteiger partial charge in [-0.3, -0.25) is 0 Å². The highest BCUT2D eigenvalue weighted by atomic mass is 16.5. The number of nitrogens with two attached hydrogens (primary N) is 1. The molecule has 0 fully saturated rings. The number of anilines is 1. The fourth-order valence-electron chi connectivity index (χ4n) is 1.92. The predicted molar refractivity (Wildman–Crippen MR) is 78.1 cm³/mol. The molecule has 0 bridgehead atoms. The quantitative estimate of drug-likeness (QED) is 0.838. The van der Waals surface area contributed by atoms with Gasteiger partial charge in [0, 0.05) is 0 Å². The minimum atomic E-state index is -1.00. The summed E-state index contributed by atoms with van der Waals surface area (Å²) in [4.78, 5) is 10.8. The molecule has 0 atom stereocenters. The predicted octanol–water partition coefficient (Wildman–Crippen LogP) is 3.16. The lowest BCUT2D eigenvalue weighted by atomic mass is 10.1. The van der Waals surface area contributed by atoms with Gasteiger partial charge in [0.05, 0.1) is 11.3 Å². The smallest absolute Gasteiger partial charge is 0.335 e. The largest absolute Gasteiger partial charge is 0.487 e. The Morgan fingerprint density at radius 2 is 1.95 bits per heavy atom. The molecule has 4 nitrogen and oxygen atoms in total. The number of carboxylic acid groups (broad SMARTS) is 1. The SMILES string of the molecule is Cc1ccc(C)c(COc2ccc(C(=O)O)cc2N)c1. The van der Waals surface area contributed by atoms with E-state index in [2.05, 4.69) is 12.1 Å². The summed E-state index contributed by atoms with van der Waals surface area (Å²) in [5.41, 5.74) is 9.69. The number of nitrogen functional groups attached to an aromatic ring is 1. The van der Waals surface area contributed by atoms with Crippen LogP contribution < -0.4 is 10.5 Å². The van der Waals surface area contributed by atoms with Crippen molar-refractivity contribution in [3.63, 3.8) is 0 Å². The highest BCUT2D eigenvalue weighted by Crippen LogP contribution is 2.24. The van der Waals surface area contributed by atoms with Crippen LogP contribution in [-0.2, 0) is 6.61 Å². The first-order valence-corrected chi connectivity index (χ1v) is 6.29. The van der Waals surface area contributed by atoms with Gasteiger partial charge < -0.3 is 15.6 Å². The molecule has 20 heavy (non-hydrogen) atoms. The van der Waals surface area contributed by atoms with Gasteiger partial charge in [-0.05, 0) is 43.2 Å². The Morgan fingerprint density at radius 1 is 1.20 bits per heavy atom. The summed E-state index contributed by atoms with van der Waals surface area (Å²) in [7, 11) is 0. The summed E-state index contributed by atoms with van der Waals surface area (Å²) in [6.45, 7) is 4.46. The maximum Gasteiger partial charge on any atom is 0.335 e. The molecule has 0 saturated carbocycles. The molecule has 2 aromatic rings. The second-order valence-electron chi connectivity index (χ2n) is 4.78. The maximum absolute atomic E-state index is 10.8. The zero-order valence-electron chi connectivity index (χ0n) is 11.5. The van der Waals surface area contributed by atoms with Crippen LogP contribution >= 0.6 is 0 Å². The Bertz CT molecular complexity index is 650. The topological polar surface area (TPSA) is 72.5 Å². The van der Waals surface area contributed by atoms with Gasteiger partial charge in [0.25, 0.3) is 0 Å². The molecular formula is C16H17NO3. The summed E-state index contributed by atoms with van der Waals surface area (Å²) >= 11 is 0. The Balaban J connectivity index is 2.15. The van der Waals surface area contributed by atoms with Gasteiger partial charge in [0.1, 0.15) is 12.4 Å². The Hall–Kier alpha value is -2.49. The highest BCUT2D eigenvalue weighted by molar-refractivity contribution is 5.89. The number of hydrogen-bond donors (Lipinski definition) is 2. The number of aromatic carboxylic acids is 1. The van der Waals surface area contributed by atoms with Crippen LogP contribution in [0.15, 0.2) is 36.4 Å². The normalized spacial score (nSPS) is 10.3. The van der Waals surface area contributed by atoms with Crippen molar-refractivity contribution in [1.82, 2.24) is 0 Å². The number of ether oxygens (including phenoxy) is 1. The van der Waals surface area contributed by atoms with Crippen molar-refractivity contribution < 1.29 is 14.6 Å². The van der Waals surface area contributed by atoms with E-state index in [-0.39, 0.29) is 5.56 Å². The van der Waals surface area contributed by atoms with E-state index in [1.807, 2.05) is 19.9 Å². The van der Waals surface area contributed by atoms with E-state index in [4.69, 9.17) is 15.6 Å². The zero-order valence-corrected chi connectivity index (χ0v) is 11.5. The first-order chi connectivity index (χ1) is 9.47. The summed E-state index contributed by atoms with van der Waals surface area (Å²) in [5, 5.41) is 8.88. The number of aryl methyl sites for hydroxylation is 2. The summed E-state index contributed by atoms with van der Waals surface area (Å²) in [6.07, 6.45) is 0. The average Bonchev–Trinajstić information content (AvgIpc) is 2.40. The molecule has 0 unspecified atom stereocenters. The van der Waals surface area contributed by atoms with Crippen molar-refractivity contribution in [3.8, 4) is 5.75 Å². The summed E-state index contributed by atoms with van der Waals surface area (Å²) in [6, 6.07) is 10.6. The van der Waals surface area contributed by atoms with Gasteiger partial charge in [0.15, 0.2) is 0 Å². The standard InChI is InChI=1S/C16H17NO3/c1-10-3-4-11(2)13(7-10)9-20-15-6-5-12(16(18)19)8-14(15)17/h3-8H,9,17H2,1-2H3,(H,18,19). The Labute approximate surface area is 117 Å². The molecule has 0 aromatic heterocycles. The molecule has 0 radical (unpaired) electrons. The molecule has 0 aliphatic rings. The van der Waals surface area contributed by atoms with Crippen molar-refractivity contribution in [1.29, 1.82) is 0 Å². The number of hydrogen-bond acceptors (Lipinski definition) is 3. The van der Waals surface area contributed by atoms with Gasteiger partial charge >= 0.3 is 5.97 Å². The van der Waals surface area contributed by atoms with Crippen LogP contribution in [0, 0.1) is 13.8 Å². The lowest BCUT2D eigenvalue weighted by molar-refractivity contribution is 0.0697. The monoisotopic (exact) mass is 271 g/mol. The number of benzene rings is 2. The fraction of sp³-hybridized carbons (Fsp3) is 0.188. The van der Waals surface area contributed by atoms with Gasteiger partial charge in [0.2, 0.25) is 0 Å². The van der Waals surface area contributed by atoms with Gasteiger partial charge in [-0.15, -0.1) is 0 Å². The molecule has 104 valence electrons. The molecule has 0 aliphatic heterocycles. The molecule has 0 amide bonds. The second kappa shape index (κ2) is 5.65. The van der Waals surface area contributed by atoms with E-state index in [1.54, 1.807) is 6.07 Å². The molecule has 4 heteroatoms. The van der Waals surface area contributed by atoms with Crippen LogP contribution in [0.5, 0.6) is 5.75 Å². The van der Waals surface area contributed by atoms with Crippen LogP contribution in [0.4, 0.5) is 5.69 Å². The molecule has 2 rings (SSSR count). The Morgan fingerprint density at radius 3 is 2.60 bits per heavy atom. The molecule has 2 aromatic carbocycles. The summed E-state index contributed by atoms with van der Waals surface area (Å²) in [5.74, 6) is -0.506. The lowest BCUT2D eigenvalue weighted by Crippen LogP contribution is -2.03. The van der Waals surface area contributed by atoms with E-state index in [1.165, 1.54) is 17.7 Å². The van der Waals surface area contributed by atoms with Crippen molar-refractivity contribution in [2.45, 2.75) is 20.5 Å². The van der Waals surface area contributed by atoms with Crippen molar-refractivity contribution >= 4 is 11.7 Å². The summed E-state index contributed by atoms with van der Waals surface area (Å²) < 4.78 is 5.68. The number of carboxylic acids is 1. The molecule has 0 aliphatic carbocycles. The minimum absolute atomic E-state index is 0.154. The van der Waals surface area contributed by atoms with Gasteiger partial charge in [-0.1, -0.05) is 23.8 Å². The van der Waals surface area contributed by atoms with E-state index < -0.39 is 5.97 Å². The maximum atomic E-state index is 10.8. The second-order valence-corrected chi connectivity index (χ2v) is 4.78. The van der Waals surface area contributed by atoms with Crippen LogP contribution in [0.25, 0.3) is 0 Å². The molecule has 3 N–H and O–H groups in total. The third-order valence-corrected chi connectivity index (χ3v) is 3.14. The third-order valence-electron chi connectivity index (χ3n) is 3.14. The van der Waals surface area contributed by atoms with Crippen molar-refractivity contribution in [2.24, 2.45) is 0 Å². The number of carbonyl (C=O) groups is 1. The Kier molecular flexibility index (Phi) is 3.94. The van der Waals surface area contributed by atoms with Crippen LogP contribution in [0.2, 0.25) is 0 Å². The molecule has 0 saturated heterocycles. The first kappa shape index (κ1) is 13.9. The van der Waals surface area contributed by atoms with Crippen molar-refractivity contribution in [3.05, 3.63) is 58.7 Å². The highest BCUT2D eigenvalue weighted by Gasteiger charge is 2.08. The van der Waals surface area contributed by atoms with E-state index in [0.717, 1.165) is 11.1 Å². The zero-order chi connectivity index (χ0) is 14.7. The van der Waals surface area contributed by atoms with Gasteiger partial charge in [-0.2, -0.15) is 0 Å². The minimum Gasteiger partial charge on any atom is -0.487 e. The van der Waals surface area contributed by atoms with Crippen molar-refractivity contribution in [2.75, 3.05) is 5.73 Å². The molecule has 0 spiro atoms. The number of rotatable bonds is 4. The van der Waals surface area contributed by atoms with E-state index in [9.17, 15) is 4.79 Å². The van der Waals surface area contributed by atoms with E-state index >= 15 is 0 Å². The fourth-order valence-corrected chi connectivity index (χ4v) is 1.92. The first-order valence-electron chi connectivity index (χ1n) is 6.29. The van der Waals surface area contributed by atoms with Crippen LogP contribution in [-0.4, -0.2) is 11.1 Å². The van der Waals surface area contributed by atoms with Crippen LogP contribution in [0.3, 0.4) is 0 Å². The van der Waals surface area contributed by atoms with Crippen LogP contribution in [0.1, 0.15) is 27.0 Å².